The van der Waals surface area contributed by atoms with Crippen LogP contribution in [0, 0.1) is 12.7 Å². The van der Waals surface area contributed by atoms with Gasteiger partial charge >= 0.3 is 5.97 Å². The first-order chi connectivity index (χ1) is 9.56. The van der Waals surface area contributed by atoms with Gasteiger partial charge in [-0.2, -0.15) is 0 Å². The van der Waals surface area contributed by atoms with Gasteiger partial charge in [-0.15, -0.1) is 0 Å². The fourth-order valence-electron chi connectivity index (χ4n) is 2.06. The van der Waals surface area contributed by atoms with Crippen molar-refractivity contribution in [3.05, 3.63) is 65.0 Å². The fraction of sp³-hybridized carbons (Fsp3) is 0.188. The van der Waals surface area contributed by atoms with Crippen LogP contribution in [-0.4, -0.2) is 17.6 Å². The number of carboxylic acids is 1. The molecule has 0 radical (unpaired) electrons. The van der Waals surface area contributed by atoms with Gasteiger partial charge in [-0.05, 0) is 37.1 Å². The van der Waals surface area contributed by atoms with Crippen LogP contribution < -0.4 is 5.32 Å². The minimum absolute atomic E-state index is 0.0470. The van der Waals surface area contributed by atoms with E-state index in [0.29, 0.717) is 12.2 Å². The van der Waals surface area contributed by atoms with Crippen molar-refractivity contribution in [2.75, 3.05) is 11.9 Å². The molecule has 2 N–H and O–H groups in total. The first kappa shape index (κ1) is 14.1. The lowest BCUT2D eigenvalue weighted by Crippen LogP contribution is -2.10. The molecule has 0 bridgehead atoms. The molecule has 20 heavy (non-hydrogen) atoms. The Morgan fingerprint density at radius 1 is 1.25 bits per heavy atom. The SMILES string of the molecule is Cc1cccc(CCNc2ccc(F)cc2C(=O)O)c1. The van der Waals surface area contributed by atoms with Crippen molar-refractivity contribution in [1.82, 2.24) is 0 Å². The summed E-state index contributed by atoms with van der Waals surface area (Å²) in [7, 11) is 0. The molecule has 2 aromatic rings. The van der Waals surface area contributed by atoms with Gasteiger partial charge in [0.25, 0.3) is 0 Å². The third kappa shape index (κ3) is 3.57. The van der Waals surface area contributed by atoms with Gasteiger partial charge in [0.15, 0.2) is 0 Å². The molecule has 3 nitrogen and oxygen atoms in total. The zero-order valence-electron chi connectivity index (χ0n) is 11.2. The van der Waals surface area contributed by atoms with E-state index in [1.165, 1.54) is 23.3 Å². The van der Waals surface area contributed by atoms with Gasteiger partial charge in [0.05, 0.1) is 5.56 Å². The molecular formula is C16H16FNO2. The van der Waals surface area contributed by atoms with E-state index >= 15 is 0 Å². The Labute approximate surface area is 117 Å². The Morgan fingerprint density at radius 2 is 2.05 bits per heavy atom. The highest BCUT2D eigenvalue weighted by molar-refractivity contribution is 5.94. The van der Waals surface area contributed by atoms with Crippen LogP contribution in [0.5, 0.6) is 0 Å². The van der Waals surface area contributed by atoms with Gasteiger partial charge in [-0.1, -0.05) is 29.8 Å². The van der Waals surface area contributed by atoms with E-state index in [2.05, 4.69) is 11.4 Å². The highest BCUT2D eigenvalue weighted by Gasteiger charge is 2.10. The minimum atomic E-state index is -1.14. The van der Waals surface area contributed by atoms with E-state index in [1.54, 1.807) is 0 Å². The van der Waals surface area contributed by atoms with Gasteiger partial charge in [-0.3, -0.25) is 0 Å². The smallest absolute Gasteiger partial charge is 0.337 e. The van der Waals surface area contributed by atoms with Crippen LogP contribution in [0.25, 0.3) is 0 Å². The monoisotopic (exact) mass is 273 g/mol. The molecule has 0 atom stereocenters. The quantitative estimate of drug-likeness (QED) is 0.876. The number of halogens is 1. The van der Waals surface area contributed by atoms with E-state index < -0.39 is 11.8 Å². The molecule has 0 amide bonds. The number of anilines is 1. The second-order valence-electron chi connectivity index (χ2n) is 4.66. The van der Waals surface area contributed by atoms with Gasteiger partial charge in [0.1, 0.15) is 5.82 Å². The van der Waals surface area contributed by atoms with Crippen molar-refractivity contribution in [2.45, 2.75) is 13.3 Å². The van der Waals surface area contributed by atoms with Crippen molar-refractivity contribution in [1.29, 1.82) is 0 Å². The molecule has 0 fully saturated rings. The number of hydrogen-bond donors (Lipinski definition) is 2. The highest BCUT2D eigenvalue weighted by Crippen LogP contribution is 2.17. The Hall–Kier alpha value is -2.36. The number of carbonyl (C=O) groups is 1. The van der Waals surface area contributed by atoms with Crippen molar-refractivity contribution >= 4 is 11.7 Å². The zero-order chi connectivity index (χ0) is 14.5. The standard InChI is InChI=1S/C16H16FNO2/c1-11-3-2-4-12(9-11)7-8-18-15-6-5-13(17)10-14(15)16(19)20/h2-6,9-10,18H,7-8H2,1H3,(H,19,20). The Bertz CT molecular complexity index is 626. The Kier molecular flexibility index (Phi) is 4.35. The molecule has 0 aliphatic rings. The molecule has 4 heteroatoms. The zero-order valence-corrected chi connectivity index (χ0v) is 11.2. The number of nitrogens with one attached hydrogen (secondary N) is 1. The molecule has 0 aromatic heterocycles. The molecule has 104 valence electrons. The van der Waals surface area contributed by atoms with Gasteiger partial charge in [0, 0.05) is 12.2 Å². The summed E-state index contributed by atoms with van der Waals surface area (Å²) in [4.78, 5) is 11.0. The van der Waals surface area contributed by atoms with Gasteiger partial charge in [0.2, 0.25) is 0 Å². The van der Waals surface area contributed by atoms with Crippen molar-refractivity contribution in [2.24, 2.45) is 0 Å². The van der Waals surface area contributed by atoms with E-state index in [9.17, 15) is 9.18 Å². The topological polar surface area (TPSA) is 49.3 Å². The third-order valence-electron chi connectivity index (χ3n) is 3.02. The van der Waals surface area contributed by atoms with Crippen LogP contribution in [0.4, 0.5) is 10.1 Å². The molecule has 0 aliphatic heterocycles. The van der Waals surface area contributed by atoms with Gasteiger partial charge < -0.3 is 10.4 Å². The molecule has 0 unspecified atom stereocenters. The summed E-state index contributed by atoms with van der Waals surface area (Å²) in [6, 6.07) is 11.9. The van der Waals surface area contributed by atoms with Crippen LogP contribution in [0.2, 0.25) is 0 Å². The summed E-state index contributed by atoms with van der Waals surface area (Å²) in [5.74, 6) is -1.69. The average molecular weight is 273 g/mol. The first-order valence-corrected chi connectivity index (χ1v) is 6.38. The molecule has 0 saturated carbocycles. The Balaban J connectivity index is 2.02. The lowest BCUT2D eigenvalue weighted by atomic mass is 10.1. The van der Waals surface area contributed by atoms with Crippen molar-refractivity contribution in [3.8, 4) is 0 Å². The van der Waals surface area contributed by atoms with Gasteiger partial charge in [-0.25, -0.2) is 9.18 Å². The average Bonchev–Trinajstić information content (AvgIpc) is 2.40. The van der Waals surface area contributed by atoms with Crippen LogP contribution in [-0.2, 0) is 6.42 Å². The lowest BCUT2D eigenvalue weighted by Gasteiger charge is -2.10. The summed E-state index contributed by atoms with van der Waals surface area (Å²) >= 11 is 0. The molecule has 0 heterocycles. The molecule has 0 aliphatic carbocycles. The third-order valence-corrected chi connectivity index (χ3v) is 3.02. The predicted molar refractivity (Wildman–Crippen MR) is 76.7 cm³/mol. The first-order valence-electron chi connectivity index (χ1n) is 6.38. The van der Waals surface area contributed by atoms with E-state index in [4.69, 9.17) is 5.11 Å². The number of hydrogen-bond acceptors (Lipinski definition) is 2. The maximum Gasteiger partial charge on any atom is 0.337 e. The Morgan fingerprint density at radius 3 is 2.75 bits per heavy atom. The largest absolute Gasteiger partial charge is 0.478 e. The molecule has 0 saturated heterocycles. The van der Waals surface area contributed by atoms with Crippen LogP contribution in [0.3, 0.4) is 0 Å². The normalized spacial score (nSPS) is 10.3. The number of carboxylic acid groups (broad SMARTS) is 1. The summed E-state index contributed by atoms with van der Waals surface area (Å²) in [6.07, 6.45) is 0.776. The predicted octanol–water partition coefficient (Wildman–Crippen LogP) is 3.49. The van der Waals surface area contributed by atoms with E-state index in [1.807, 2.05) is 25.1 Å². The van der Waals surface area contributed by atoms with E-state index in [-0.39, 0.29) is 5.56 Å². The summed E-state index contributed by atoms with van der Waals surface area (Å²) in [5, 5.41) is 12.1. The molecule has 2 rings (SSSR count). The van der Waals surface area contributed by atoms with Crippen LogP contribution in [0.15, 0.2) is 42.5 Å². The summed E-state index contributed by atoms with van der Waals surface area (Å²) < 4.78 is 13.0. The summed E-state index contributed by atoms with van der Waals surface area (Å²) in [6.45, 7) is 2.62. The van der Waals surface area contributed by atoms with Crippen LogP contribution in [0.1, 0.15) is 21.5 Å². The summed E-state index contributed by atoms with van der Waals surface area (Å²) in [5.41, 5.74) is 2.76. The van der Waals surface area contributed by atoms with Crippen molar-refractivity contribution in [3.63, 3.8) is 0 Å². The fourth-order valence-corrected chi connectivity index (χ4v) is 2.06. The minimum Gasteiger partial charge on any atom is -0.478 e. The van der Waals surface area contributed by atoms with Crippen molar-refractivity contribution < 1.29 is 14.3 Å². The molecular weight excluding hydrogens is 257 g/mol. The number of aromatic carboxylic acids is 1. The number of rotatable bonds is 5. The molecule has 2 aromatic carbocycles. The highest BCUT2D eigenvalue weighted by atomic mass is 19.1. The maximum absolute atomic E-state index is 13.0. The maximum atomic E-state index is 13.0. The number of benzene rings is 2. The second-order valence-corrected chi connectivity index (χ2v) is 4.66. The lowest BCUT2D eigenvalue weighted by molar-refractivity contribution is 0.0697. The van der Waals surface area contributed by atoms with Crippen LogP contribution >= 0.6 is 0 Å². The molecule has 0 spiro atoms. The second kappa shape index (κ2) is 6.19. The number of aryl methyl sites for hydroxylation is 1. The van der Waals surface area contributed by atoms with E-state index in [0.717, 1.165) is 12.5 Å².